The zero-order valence-corrected chi connectivity index (χ0v) is 9.42. The van der Waals surface area contributed by atoms with E-state index in [0.29, 0.717) is 0 Å². The SMILES string of the molecule is CCC(CO)c1nc(-c2ccc[nH]2)cs1. The van der Waals surface area contributed by atoms with Gasteiger partial charge >= 0.3 is 0 Å². The van der Waals surface area contributed by atoms with Crippen LogP contribution in [-0.4, -0.2) is 21.7 Å². The van der Waals surface area contributed by atoms with Gasteiger partial charge in [0.05, 0.1) is 23.0 Å². The molecule has 1 atom stereocenters. The Bertz CT molecular complexity index is 404. The first kappa shape index (κ1) is 10.4. The Labute approximate surface area is 92.8 Å². The summed E-state index contributed by atoms with van der Waals surface area (Å²) in [7, 11) is 0. The predicted molar refractivity (Wildman–Crippen MR) is 62.0 cm³/mol. The number of H-pyrrole nitrogens is 1. The summed E-state index contributed by atoms with van der Waals surface area (Å²) in [6, 6.07) is 3.95. The number of nitrogens with zero attached hydrogens (tertiary/aromatic N) is 1. The molecule has 0 aliphatic carbocycles. The van der Waals surface area contributed by atoms with Crippen molar-refractivity contribution in [2.45, 2.75) is 19.3 Å². The molecule has 2 aromatic heterocycles. The number of aliphatic hydroxyl groups excluding tert-OH is 1. The lowest BCUT2D eigenvalue weighted by Gasteiger charge is -2.06. The van der Waals surface area contributed by atoms with Crippen LogP contribution in [0.1, 0.15) is 24.3 Å². The lowest BCUT2D eigenvalue weighted by atomic mass is 10.1. The van der Waals surface area contributed by atoms with E-state index < -0.39 is 0 Å². The molecule has 0 radical (unpaired) electrons. The molecule has 0 aromatic carbocycles. The fourth-order valence-electron chi connectivity index (χ4n) is 1.47. The number of thiazole rings is 1. The van der Waals surface area contributed by atoms with E-state index in [-0.39, 0.29) is 12.5 Å². The third-order valence-corrected chi connectivity index (χ3v) is 3.47. The minimum atomic E-state index is 0.175. The van der Waals surface area contributed by atoms with Crippen LogP contribution in [0.25, 0.3) is 11.4 Å². The molecule has 3 nitrogen and oxygen atoms in total. The van der Waals surface area contributed by atoms with Crippen molar-refractivity contribution < 1.29 is 5.11 Å². The Morgan fingerprint density at radius 3 is 3.07 bits per heavy atom. The molecule has 2 heterocycles. The van der Waals surface area contributed by atoms with Gasteiger partial charge in [0.1, 0.15) is 0 Å². The van der Waals surface area contributed by atoms with E-state index in [2.05, 4.69) is 16.9 Å². The molecule has 0 aliphatic rings. The van der Waals surface area contributed by atoms with E-state index in [1.54, 1.807) is 11.3 Å². The molecule has 0 fully saturated rings. The normalized spacial score (nSPS) is 12.9. The van der Waals surface area contributed by atoms with Crippen molar-refractivity contribution in [3.05, 3.63) is 28.7 Å². The Hall–Kier alpha value is -1.13. The topological polar surface area (TPSA) is 48.9 Å². The smallest absolute Gasteiger partial charge is 0.0987 e. The van der Waals surface area contributed by atoms with Crippen LogP contribution in [0.4, 0.5) is 0 Å². The van der Waals surface area contributed by atoms with Gasteiger partial charge in [-0.05, 0) is 18.6 Å². The second-order valence-corrected chi connectivity index (χ2v) is 4.33. The van der Waals surface area contributed by atoms with Gasteiger partial charge in [-0.1, -0.05) is 6.92 Å². The highest BCUT2D eigenvalue weighted by molar-refractivity contribution is 7.10. The summed E-state index contributed by atoms with van der Waals surface area (Å²) >= 11 is 1.61. The molecule has 0 aliphatic heterocycles. The first-order valence-electron chi connectivity index (χ1n) is 5.05. The second-order valence-electron chi connectivity index (χ2n) is 3.44. The van der Waals surface area contributed by atoms with Gasteiger partial charge in [-0.3, -0.25) is 0 Å². The average Bonchev–Trinajstić information content (AvgIpc) is 2.89. The summed E-state index contributed by atoms with van der Waals surface area (Å²) in [5.41, 5.74) is 2.00. The van der Waals surface area contributed by atoms with Crippen molar-refractivity contribution in [2.24, 2.45) is 0 Å². The van der Waals surface area contributed by atoms with Gasteiger partial charge < -0.3 is 10.1 Å². The van der Waals surface area contributed by atoms with Crippen molar-refractivity contribution in [3.63, 3.8) is 0 Å². The number of hydrogen-bond donors (Lipinski definition) is 2. The van der Waals surface area contributed by atoms with E-state index in [1.807, 2.05) is 23.7 Å². The first-order chi connectivity index (χ1) is 7.35. The zero-order chi connectivity index (χ0) is 10.7. The monoisotopic (exact) mass is 222 g/mol. The molecule has 15 heavy (non-hydrogen) atoms. The maximum absolute atomic E-state index is 9.18. The summed E-state index contributed by atoms with van der Waals surface area (Å²) in [5, 5.41) is 12.2. The highest BCUT2D eigenvalue weighted by atomic mass is 32.1. The summed E-state index contributed by atoms with van der Waals surface area (Å²) in [6.07, 6.45) is 2.81. The fourth-order valence-corrected chi connectivity index (χ4v) is 2.47. The summed E-state index contributed by atoms with van der Waals surface area (Å²) < 4.78 is 0. The molecule has 2 rings (SSSR count). The number of hydrogen-bond acceptors (Lipinski definition) is 3. The molecule has 0 bridgehead atoms. The third kappa shape index (κ3) is 2.11. The van der Waals surface area contributed by atoms with Crippen LogP contribution in [0.2, 0.25) is 0 Å². The number of aromatic amines is 1. The zero-order valence-electron chi connectivity index (χ0n) is 8.60. The Morgan fingerprint density at radius 2 is 2.47 bits per heavy atom. The molecular formula is C11H14N2OS. The molecule has 80 valence electrons. The van der Waals surface area contributed by atoms with Gasteiger partial charge in [-0.15, -0.1) is 11.3 Å². The number of aromatic nitrogens is 2. The number of nitrogens with one attached hydrogen (secondary N) is 1. The Kier molecular flexibility index (Phi) is 3.18. The first-order valence-corrected chi connectivity index (χ1v) is 5.93. The Morgan fingerprint density at radius 1 is 1.60 bits per heavy atom. The van der Waals surface area contributed by atoms with Gasteiger partial charge in [0, 0.05) is 17.5 Å². The van der Waals surface area contributed by atoms with Crippen molar-refractivity contribution in [3.8, 4) is 11.4 Å². The van der Waals surface area contributed by atoms with Crippen molar-refractivity contribution in [2.75, 3.05) is 6.61 Å². The summed E-state index contributed by atoms with van der Waals surface area (Å²) in [6.45, 7) is 2.24. The minimum absolute atomic E-state index is 0.175. The van der Waals surface area contributed by atoms with Crippen LogP contribution in [-0.2, 0) is 0 Å². The van der Waals surface area contributed by atoms with Gasteiger partial charge in [0.15, 0.2) is 0 Å². The van der Waals surface area contributed by atoms with Crippen LogP contribution >= 0.6 is 11.3 Å². The van der Waals surface area contributed by atoms with Gasteiger partial charge in [-0.25, -0.2) is 4.98 Å². The van der Waals surface area contributed by atoms with Gasteiger partial charge in [0.2, 0.25) is 0 Å². The third-order valence-electron chi connectivity index (χ3n) is 2.46. The van der Waals surface area contributed by atoms with Gasteiger partial charge in [-0.2, -0.15) is 0 Å². The molecule has 2 N–H and O–H groups in total. The van der Waals surface area contributed by atoms with E-state index >= 15 is 0 Å². The molecule has 0 saturated heterocycles. The molecule has 0 saturated carbocycles. The lowest BCUT2D eigenvalue weighted by Crippen LogP contribution is -2.01. The van der Waals surface area contributed by atoms with Crippen molar-refractivity contribution in [1.82, 2.24) is 9.97 Å². The predicted octanol–water partition coefficient (Wildman–Crippen LogP) is 2.62. The van der Waals surface area contributed by atoms with Crippen molar-refractivity contribution >= 4 is 11.3 Å². The fraction of sp³-hybridized carbons (Fsp3) is 0.364. The van der Waals surface area contributed by atoms with E-state index in [0.717, 1.165) is 22.8 Å². The largest absolute Gasteiger partial charge is 0.396 e. The lowest BCUT2D eigenvalue weighted by molar-refractivity contribution is 0.262. The maximum atomic E-state index is 9.18. The molecule has 4 heteroatoms. The van der Waals surface area contributed by atoms with E-state index in [9.17, 15) is 5.11 Å². The Balaban J connectivity index is 2.24. The van der Waals surface area contributed by atoms with Crippen LogP contribution < -0.4 is 0 Å². The van der Waals surface area contributed by atoms with Crippen molar-refractivity contribution in [1.29, 1.82) is 0 Å². The summed E-state index contributed by atoms with van der Waals surface area (Å²) in [5.74, 6) is 0.179. The molecule has 0 spiro atoms. The van der Waals surface area contributed by atoms with Gasteiger partial charge in [0.25, 0.3) is 0 Å². The number of rotatable bonds is 4. The van der Waals surface area contributed by atoms with Crippen LogP contribution in [0, 0.1) is 0 Å². The summed E-state index contributed by atoms with van der Waals surface area (Å²) in [4.78, 5) is 7.65. The van der Waals surface area contributed by atoms with Crippen LogP contribution in [0.3, 0.4) is 0 Å². The average molecular weight is 222 g/mol. The molecule has 1 unspecified atom stereocenters. The quantitative estimate of drug-likeness (QED) is 0.835. The highest BCUT2D eigenvalue weighted by Gasteiger charge is 2.13. The van der Waals surface area contributed by atoms with E-state index in [1.165, 1.54) is 0 Å². The van der Waals surface area contributed by atoms with Crippen LogP contribution in [0.15, 0.2) is 23.7 Å². The molecular weight excluding hydrogens is 208 g/mol. The highest BCUT2D eigenvalue weighted by Crippen LogP contribution is 2.26. The standard InChI is InChI=1S/C11H14N2OS/c1-2-8(6-14)11-13-10(7-15-11)9-4-3-5-12-9/h3-5,7-8,12,14H,2,6H2,1H3. The minimum Gasteiger partial charge on any atom is -0.396 e. The molecule has 2 aromatic rings. The maximum Gasteiger partial charge on any atom is 0.0987 e. The number of aliphatic hydroxyl groups is 1. The molecule has 0 amide bonds. The van der Waals surface area contributed by atoms with Crippen LogP contribution in [0.5, 0.6) is 0 Å². The second kappa shape index (κ2) is 4.59. The van der Waals surface area contributed by atoms with E-state index in [4.69, 9.17) is 0 Å².